The van der Waals surface area contributed by atoms with Gasteiger partial charge in [0.25, 0.3) is 5.91 Å². The van der Waals surface area contributed by atoms with Crippen LogP contribution in [0.1, 0.15) is 15.9 Å². The number of phenolic OH excluding ortho intramolecular Hbond substituents is 1. The largest absolute Gasteiger partial charge is 0.508 e. The van der Waals surface area contributed by atoms with Crippen LogP contribution in [0.5, 0.6) is 17.2 Å². The number of carbonyl (C=O) groups is 3. The summed E-state index contributed by atoms with van der Waals surface area (Å²) in [6.07, 6.45) is 1.28. The monoisotopic (exact) mass is 388 g/mol. The van der Waals surface area contributed by atoms with E-state index in [-0.39, 0.29) is 22.8 Å². The third-order valence-corrected chi connectivity index (χ3v) is 3.18. The number of amides is 1. The van der Waals surface area contributed by atoms with Crippen LogP contribution in [0.2, 0.25) is 0 Å². The summed E-state index contributed by atoms with van der Waals surface area (Å²) in [5.41, 5.74) is 3.02. The Kier molecular flexibility index (Phi) is 6.92. The topological polar surface area (TPSA) is 155 Å². The molecule has 0 atom stereocenters. The SMILES string of the molecule is O=C(O)COc1ccc(/C=N\NC(=O)c2ccc(O)cc2)cc1OCC(=O)O. The van der Waals surface area contributed by atoms with Crippen molar-refractivity contribution in [1.82, 2.24) is 5.43 Å². The molecule has 28 heavy (non-hydrogen) atoms. The van der Waals surface area contributed by atoms with E-state index in [9.17, 15) is 19.5 Å². The zero-order chi connectivity index (χ0) is 20.5. The van der Waals surface area contributed by atoms with Crippen LogP contribution in [0.4, 0.5) is 0 Å². The van der Waals surface area contributed by atoms with Gasteiger partial charge < -0.3 is 24.8 Å². The Labute approximate surface area is 158 Å². The summed E-state index contributed by atoms with van der Waals surface area (Å²) in [5.74, 6) is -2.83. The maximum absolute atomic E-state index is 11.9. The minimum Gasteiger partial charge on any atom is -0.508 e. The standard InChI is InChI=1S/C18H16N2O8/c21-13-4-2-12(3-5-13)18(26)20-19-8-11-1-6-14(27-9-16(22)23)15(7-11)28-10-17(24)25/h1-8,21H,9-10H2,(H,20,26)(H,22,23)(H,24,25)/b19-8-. The van der Waals surface area contributed by atoms with Crippen LogP contribution in [-0.4, -0.2) is 52.6 Å². The number of carboxylic acids is 2. The molecule has 0 bridgehead atoms. The van der Waals surface area contributed by atoms with E-state index in [0.29, 0.717) is 5.56 Å². The third kappa shape index (κ3) is 6.33. The van der Waals surface area contributed by atoms with Crippen molar-refractivity contribution in [2.24, 2.45) is 5.10 Å². The Morgan fingerprint density at radius 2 is 1.54 bits per heavy atom. The number of phenols is 1. The molecule has 10 heteroatoms. The molecule has 0 heterocycles. The molecular weight excluding hydrogens is 372 g/mol. The van der Waals surface area contributed by atoms with E-state index < -0.39 is 31.1 Å². The van der Waals surface area contributed by atoms with Crippen LogP contribution in [0, 0.1) is 0 Å². The Bertz CT molecular complexity index is 893. The highest BCUT2D eigenvalue weighted by Gasteiger charge is 2.10. The van der Waals surface area contributed by atoms with Gasteiger partial charge in [0.1, 0.15) is 5.75 Å². The Morgan fingerprint density at radius 3 is 2.14 bits per heavy atom. The number of aliphatic carboxylic acids is 2. The van der Waals surface area contributed by atoms with E-state index >= 15 is 0 Å². The van der Waals surface area contributed by atoms with Crippen molar-refractivity contribution in [3.63, 3.8) is 0 Å². The second kappa shape index (κ2) is 9.57. The minimum atomic E-state index is -1.22. The maximum Gasteiger partial charge on any atom is 0.341 e. The number of rotatable bonds is 9. The highest BCUT2D eigenvalue weighted by Crippen LogP contribution is 2.28. The average Bonchev–Trinajstić information content (AvgIpc) is 2.65. The molecule has 0 aliphatic carbocycles. The molecule has 0 saturated heterocycles. The van der Waals surface area contributed by atoms with Crippen molar-refractivity contribution in [2.75, 3.05) is 13.2 Å². The molecule has 2 rings (SSSR count). The summed E-state index contributed by atoms with van der Waals surface area (Å²) in [7, 11) is 0. The van der Waals surface area contributed by atoms with Gasteiger partial charge in [-0.25, -0.2) is 15.0 Å². The molecule has 2 aromatic carbocycles. The Hall–Kier alpha value is -4.08. The van der Waals surface area contributed by atoms with Gasteiger partial charge in [0.15, 0.2) is 24.7 Å². The number of hydrogen-bond donors (Lipinski definition) is 4. The smallest absolute Gasteiger partial charge is 0.341 e. The summed E-state index contributed by atoms with van der Waals surface area (Å²) in [6.45, 7) is -1.28. The van der Waals surface area contributed by atoms with Gasteiger partial charge in [-0.05, 0) is 48.0 Å². The number of carbonyl (C=O) groups excluding carboxylic acids is 1. The predicted octanol–water partition coefficient (Wildman–Crippen LogP) is 1.08. The summed E-state index contributed by atoms with van der Waals surface area (Å²) in [5, 5.41) is 30.4. The fraction of sp³-hybridized carbons (Fsp3) is 0.111. The number of aromatic hydroxyl groups is 1. The van der Waals surface area contributed by atoms with Gasteiger partial charge in [0.2, 0.25) is 0 Å². The van der Waals surface area contributed by atoms with E-state index in [1.165, 1.54) is 48.7 Å². The molecule has 1 amide bonds. The summed E-state index contributed by atoms with van der Waals surface area (Å²) < 4.78 is 10.1. The number of hydrazone groups is 1. The molecule has 0 aliphatic heterocycles. The van der Waals surface area contributed by atoms with Crippen LogP contribution in [0.3, 0.4) is 0 Å². The van der Waals surface area contributed by atoms with E-state index in [2.05, 4.69) is 10.5 Å². The number of nitrogens with zero attached hydrogens (tertiary/aromatic N) is 1. The number of carboxylic acid groups (broad SMARTS) is 2. The van der Waals surface area contributed by atoms with Gasteiger partial charge in [0.05, 0.1) is 6.21 Å². The second-order valence-corrected chi connectivity index (χ2v) is 5.32. The van der Waals surface area contributed by atoms with Gasteiger partial charge in [-0.2, -0.15) is 5.10 Å². The number of hydrogen-bond acceptors (Lipinski definition) is 7. The first-order chi connectivity index (χ1) is 13.3. The lowest BCUT2D eigenvalue weighted by Crippen LogP contribution is -2.17. The molecule has 146 valence electrons. The van der Waals surface area contributed by atoms with Gasteiger partial charge in [-0.3, -0.25) is 4.79 Å². The molecule has 0 aliphatic rings. The van der Waals surface area contributed by atoms with E-state index in [1.54, 1.807) is 0 Å². The van der Waals surface area contributed by atoms with Crippen molar-refractivity contribution < 1.29 is 39.2 Å². The Morgan fingerprint density at radius 1 is 0.929 bits per heavy atom. The van der Waals surface area contributed by atoms with Crippen molar-refractivity contribution in [1.29, 1.82) is 0 Å². The first-order valence-corrected chi connectivity index (χ1v) is 7.81. The highest BCUT2D eigenvalue weighted by atomic mass is 16.5. The normalized spacial score (nSPS) is 10.4. The van der Waals surface area contributed by atoms with Gasteiger partial charge >= 0.3 is 11.9 Å². The minimum absolute atomic E-state index is 0.0115. The first-order valence-electron chi connectivity index (χ1n) is 7.81. The molecular formula is C18H16N2O8. The van der Waals surface area contributed by atoms with Crippen molar-refractivity contribution >= 4 is 24.1 Å². The summed E-state index contributed by atoms with van der Waals surface area (Å²) in [6, 6.07) is 9.86. The zero-order valence-electron chi connectivity index (χ0n) is 14.4. The molecule has 4 N–H and O–H groups in total. The maximum atomic E-state index is 11.9. The highest BCUT2D eigenvalue weighted by molar-refractivity contribution is 5.95. The molecule has 0 saturated carbocycles. The fourth-order valence-corrected chi connectivity index (χ4v) is 1.96. The second-order valence-electron chi connectivity index (χ2n) is 5.32. The average molecular weight is 388 g/mol. The van der Waals surface area contributed by atoms with Crippen molar-refractivity contribution in [3.05, 3.63) is 53.6 Å². The van der Waals surface area contributed by atoms with Gasteiger partial charge in [0, 0.05) is 5.56 Å². The van der Waals surface area contributed by atoms with E-state index in [4.69, 9.17) is 19.7 Å². The lowest BCUT2D eigenvalue weighted by molar-refractivity contribution is -0.140. The summed E-state index contributed by atoms with van der Waals surface area (Å²) >= 11 is 0. The molecule has 0 radical (unpaired) electrons. The van der Waals surface area contributed by atoms with Crippen LogP contribution < -0.4 is 14.9 Å². The number of ether oxygens (including phenoxy) is 2. The third-order valence-electron chi connectivity index (χ3n) is 3.18. The van der Waals surface area contributed by atoms with Crippen molar-refractivity contribution in [3.8, 4) is 17.2 Å². The molecule has 0 unspecified atom stereocenters. The van der Waals surface area contributed by atoms with Gasteiger partial charge in [-0.1, -0.05) is 0 Å². The first kappa shape index (κ1) is 20.2. The van der Waals surface area contributed by atoms with Crippen molar-refractivity contribution in [2.45, 2.75) is 0 Å². The molecule has 0 fully saturated rings. The quantitative estimate of drug-likeness (QED) is 0.367. The fourth-order valence-electron chi connectivity index (χ4n) is 1.96. The molecule has 0 aromatic heterocycles. The summed E-state index contributed by atoms with van der Waals surface area (Å²) in [4.78, 5) is 33.2. The number of nitrogens with one attached hydrogen (secondary N) is 1. The zero-order valence-corrected chi connectivity index (χ0v) is 14.4. The van der Waals surface area contributed by atoms with Crippen LogP contribution >= 0.6 is 0 Å². The van der Waals surface area contributed by atoms with Gasteiger partial charge in [-0.15, -0.1) is 0 Å². The molecule has 10 nitrogen and oxygen atoms in total. The number of benzene rings is 2. The lowest BCUT2D eigenvalue weighted by Gasteiger charge is -2.11. The van der Waals surface area contributed by atoms with E-state index in [1.807, 2.05) is 0 Å². The Balaban J connectivity index is 2.08. The molecule has 0 spiro atoms. The van der Waals surface area contributed by atoms with Crippen LogP contribution in [-0.2, 0) is 9.59 Å². The van der Waals surface area contributed by atoms with Crippen LogP contribution in [0.25, 0.3) is 0 Å². The van der Waals surface area contributed by atoms with Crippen LogP contribution in [0.15, 0.2) is 47.6 Å². The lowest BCUT2D eigenvalue weighted by atomic mass is 10.2. The molecule has 2 aromatic rings. The predicted molar refractivity (Wildman–Crippen MR) is 95.9 cm³/mol. The van der Waals surface area contributed by atoms with E-state index in [0.717, 1.165) is 0 Å².